The number of thiophene rings is 1. The van der Waals surface area contributed by atoms with E-state index in [1.54, 1.807) is 11.3 Å². The minimum absolute atomic E-state index is 0.0379. The quantitative estimate of drug-likeness (QED) is 0.944. The summed E-state index contributed by atoms with van der Waals surface area (Å²) >= 11 is 1.61. The van der Waals surface area contributed by atoms with Crippen molar-refractivity contribution in [2.75, 3.05) is 0 Å². The smallest absolute Gasteiger partial charge is 0.225 e. The van der Waals surface area contributed by atoms with E-state index in [-0.39, 0.29) is 11.9 Å². The zero-order valence-corrected chi connectivity index (χ0v) is 13.0. The molecule has 112 valence electrons. The van der Waals surface area contributed by atoms with Crippen LogP contribution in [0.5, 0.6) is 0 Å². The lowest BCUT2D eigenvalue weighted by Gasteiger charge is -2.15. The third-order valence-electron chi connectivity index (χ3n) is 3.82. The summed E-state index contributed by atoms with van der Waals surface area (Å²) in [5.41, 5.74) is 0. The Bertz CT molecular complexity index is 605. The van der Waals surface area contributed by atoms with E-state index in [2.05, 4.69) is 20.1 Å². The molecule has 0 aliphatic carbocycles. The molecule has 1 N–H and O–H groups in total. The number of nitrogens with one attached hydrogen (secondary N) is 1. The summed E-state index contributed by atoms with van der Waals surface area (Å²) in [5.74, 6) is 1.98. The molecule has 0 fully saturated rings. The molecule has 0 radical (unpaired) electrons. The highest BCUT2D eigenvalue weighted by molar-refractivity contribution is 7.10. The molecule has 21 heavy (non-hydrogen) atoms. The Hall–Kier alpha value is -1.69. The van der Waals surface area contributed by atoms with Crippen molar-refractivity contribution in [2.24, 2.45) is 0 Å². The maximum Gasteiger partial charge on any atom is 0.225 e. The SMILES string of the molecule is C[C@@H](NC(=O)Cc1cccs1)c1nnc2n1CCCCC2. The first-order chi connectivity index (χ1) is 10.2. The van der Waals surface area contributed by atoms with Crippen molar-refractivity contribution >= 4 is 17.2 Å². The Balaban J connectivity index is 1.66. The molecule has 1 atom stereocenters. The topological polar surface area (TPSA) is 59.8 Å². The van der Waals surface area contributed by atoms with Crippen molar-refractivity contribution in [1.82, 2.24) is 20.1 Å². The highest BCUT2D eigenvalue weighted by atomic mass is 32.1. The van der Waals surface area contributed by atoms with Crippen LogP contribution in [0.25, 0.3) is 0 Å². The van der Waals surface area contributed by atoms with Gasteiger partial charge in [0, 0.05) is 17.8 Å². The molecule has 1 amide bonds. The number of fused-ring (bicyclic) bond motifs is 1. The molecular weight excluding hydrogens is 284 g/mol. The molecule has 3 heterocycles. The van der Waals surface area contributed by atoms with Gasteiger partial charge in [-0.05, 0) is 31.2 Å². The van der Waals surface area contributed by atoms with Gasteiger partial charge in [-0.1, -0.05) is 12.5 Å². The third-order valence-corrected chi connectivity index (χ3v) is 4.69. The monoisotopic (exact) mass is 304 g/mol. The molecule has 1 aliphatic heterocycles. The van der Waals surface area contributed by atoms with Crippen molar-refractivity contribution in [3.63, 3.8) is 0 Å². The van der Waals surface area contributed by atoms with Crippen LogP contribution in [0.1, 0.15) is 48.8 Å². The van der Waals surface area contributed by atoms with Gasteiger partial charge in [0.15, 0.2) is 5.82 Å². The van der Waals surface area contributed by atoms with E-state index in [0.717, 1.165) is 35.9 Å². The van der Waals surface area contributed by atoms with Gasteiger partial charge in [-0.15, -0.1) is 21.5 Å². The summed E-state index contributed by atoms with van der Waals surface area (Å²) in [6.07, 6.45) is 5.00. The van der Waals surface area contributed by atoms with Gasteiger partial charge in [0.25, 0.3) is 0 Å². The van der Waals surface area contributed by atoms with E-state index >= 15 is 0 Å². The second-order valence-corrected chi connectivity index (χ2v) is 6.51. The molecular formula is C15H20N4OS. The molecule has 2 aromatic rings. The molecule has 0 bridgehead atoms. The number of carbonyl (C=O) groups excluding carboxylic acids is 1. The van der Waals surface area contributed by atoms with Gasteiger partial charge in [0.2, 0.25) is 5.91 Å². The first kappa shape index (κ1) is 14.3. The molecule has 3 rings (SSSR count). The number of hydrogen-bond acceptors (Lipinski definition) is 4. The summed E-state index contributed by atoms with van der Waals surface area (Å²) in [6, 6.07) is 3.85. The van der Waals surface area contributed by atoms with Crippen LogP contribution in [0.3, 0.4) is 0 Å². The fraction of sp³-hybridized carbons (Fsp3) is 0.533. The summed E-state index contributed by atoms with van der Waals surface area (Å²) < 4.78 is 2.18. The highest BCUT2D eigenvalue weighted by Gasteiger charge is 2.20. The summed E-state index contributed by atoms with van der Waals surface area (Å²) in [5, 5.41) is 13.6. The van der Waals surface area contributed by atoms with E-state index in [1.165, 1.54) is 12.8 Å². The van der Waals surface area contributed by atoms with Gasteiger partial charge in [-0.2, -0.15) is 0 Å². The lowest BCUT2D eigenvalue weighted by Crippen LogP contribution is -2.30. The molecule has 2 aromatic heterocycles. The number of aromatic nitrogens is 3. The summed E-state index contributed by atoms with van der Waals surface area (Å²) in [4.78, 5) is 13.2. The van der Waals surface area contributed by atoms with Crippen LogP contribution in [-0.2, 0) is 24.2 Å². The molecule has 0 saturated carbocycles. The fourth-order valence-corrected chi connectivity index (χ4v) is 3.46. The first-order valence-electron chi connectivity index (χ1n) is 7.48. The second kappa shape index (κ2) is 6.39. The average Bonchev–Trinajstić information content (AvgIpc) is 3.04. The zero-order chi connectivity index (χ0) is 14.7. The minimum atomic E-state index is -0.100. The van der Waals surface area contributed by atoms with Gasteiger partial charge >= 0.3 is 0 Å². The molecule has 5 nitrogen and oxygen atoms in total. The highest BCUT2D eigenvalue weighted by Crippen LogP contribution is 2.19. The lowest BCUT2D eigenvalue weighted by molar-refractivity contribution is -0.121. The van der Waals surface area contributed by atoms with Crippen LogP contribution in [0, 0.1) is 0 Å². The first-order valence-corrected chi connectivity index (χ1v) is 8.35. The van der Waals surface area contributed by atoms with E-state index in [0.29, 0.717) is 6.42 Å². The number of amides is 1. The van der Waals surface area contributed by atoms with Crippen molar-refractivity contribution in [3.8, 4) is 0 Å². The Morgan fingerprint density at radius 2 is 2.33 bits per heavy atom. The Kier molecular flexibility index (Phi) is 4.34. The Morgan fingerprint density at radius 3 is 3.14 bits per heavy atom. The van der Waals surface area contributed by atoms with Crippen molar-refractivity contribution < 1.29 is 4.79 Å². The maximum absolute atomic E-state index is 12.1. The van der Waals surface area contributed by atoms with Crippen LogP contribution in [0.2, 0.25) is 0 Å². The number of hydrogen-bond donors (Lipinski definition) is 1. The van der Waals surface area contributed by atoms with E-state index < -0.39 is 0 Å². The van der Waals surface area contributed by atoms with Gasteiger partial charge in [-0.3, -0.25) is 4.79 Å². The van der Waals surface area contributed by atoms with Gasteiger partial charge in [0.05, 0.1) is 12.5 Å². The van der Waals surface area contributed by atoms with Crippen LogP contribution >= 0.6 is 11.3 Å². The van der Waals surface area contributed by atoms with Crippen LogP contribution in [-0.4, -0.2) is 20.7 Å². The van der Waals surface area contributed by atoms with E-state index in [1.807, 2.05) is 24.4 Å². The van der Waals surface area contributed by atoms with Crippen molar-refractivity contribution in [3.05, 3.63) is 34.0 Å². The largest absolute Gasteiger partial charge is 0.346 e. The van der Waals surface area contributed by atoms with Gasteiger partial charge in [0.1, 0.15) is 5.82 Å². The molecule has 0 spiro atoms. The van der Waals surface area contributed by atoms with E-state index in [9.17, 15) is 4.79 Å². The summed E-state index contributed by atoms with van der Waals surface area (Å²) in [7, 11) is 0. The molecule has 0 saturated heterocycles. The van der Waals surface area contributed by atoms with E-state index in [4.69, 9.17) is 0 Å². The number of carbonyl (C=O) groups is 1. The van der Waals surface area contributed by atoms with Crippen molar-refractivity contribution in [1.29, 1.82) is 0 Å². The standard InChI is InChI=1S/C15H20N4OS/c1-11(16-14(20)10-12-6-5-9-21-12)15-18-17-13-7-3-2-4-8-19(13)15/h5-6,9,11H,2-4,7-8,10H2,1H3,(H,16,20)/t11-/m1/s1. The lowest BCUT2D eigenvalue weighted by atomic mass is 10.2. The number of nitrogens with zero attached hydrogens (tertiary/aromatic N) is 3. The van der Waals surface area contributed by atoms with Gasteiger partial charge in [-0.25, -0.2) is 0 Å². The molecule has 6 heteroatoms. The Labute approximate surface area is 128 Å². The maximum atomic E-state index is 12.1. The number of aryl methyl sites for hydroxylation is 1. The minimum Gasteiger partial charge on any atom is -0.346 e. The molecule has 0 unspecified atom stereocenters. The van der Waals surface area contributed by atoms with Crippen molar-refractivity contribution in [2.45, 2.75) is 51.6 Å². The van der Waals surface area contributed by atoms with Crippen LogP contribution < -0.4 is 5.32 Å². The molecule has 1 aliphatic rings. The Morgan fingerprint density at radius 1 is 1.43 bits per heavy atom. The predicted molar refractivity (Wildman–Crippen MR) is 82.2 cm³/mol. The normalized spacial score (nSPS) is 16.0. The second-order valence-electron chi connectivity index (χ2n) is 5.48. The zero-order valence-electron chi connectivity index (χ0n) is 12.2. The average molecular weight is 304 g/mol. The third kappa shape index (κ3) is 3.32. The summed E-state index contributed by atoms with van der Waals surface area (Å²) in [6.45, 7) is 2.94. The fourth-order valence-electron chi connectivity index (χ4n) is 2.76. The van der Waals surface area contributed by atoms with Gasteiger partial charge < -0.3 is 9.88 Å². The predicted octanol–water partition coefficient (Wildman–Crippen LogP) is 2.49. The molecule has 0 aromatic carbocycles. The van der Waals surface area contributed by atoms with Crippen LogP contribution in [0.15, 0.2) is 17.5 Å². The van der Waals surface area contributed by atoms with Crippen LogP contribution in [0.4, 0.5) is 0 Å². The number of rotatable bonds is 4.